The van der Waals surface area contributed by atoms with Crippen molar-refractivity contribution in [2.75, 3.05) is 6.61 Å². The molecular formula is C7H13NO4S2. The van der Waals surface area contributed by atoms with Gasteiger partial charge in [0.1, 0.15) is 6.61 Å². The van der Waals surface area contributed by atoms with Crippen molar-refractivity contribution in [2.24, 2.45) is 5.16 Å². The zero-order chi connectivity index (χ0) is 10.6. The summed E-state index contributed by atoms with van der Waals surface area (Å²) < 4.78 is 29.9. The SMILES string of the molecule is CCON=C1CCCC1SS(=O)(=O)O. The second-order valence-corrected chi connectivity index (χ2v) is 6.36. The first-order valence-electron chi connectivity index (χ1n) is 4.37. The third-order valence-electron chi connectivity index (χ3n) is 1.82. The van der Waals surface area contributed by atoms with E-state index in [1.807, 2.05) is 6.92 Å². The summed E-state index contributed by atoms with van der Waals surface area (Å²) in [6.07, 6.45) is 2.35. The van der Waals surface area contributed by atoms with Gasteiger partial charge in [0.2, 0.25) is 0 Å². The van der Waals surface area contributed by atoms with Crippen molar-refractivity contribution in [3.05, 3.63) is 0 Å². The second kappa shape index (κ2) is 4.99. The van der Waals surface area contributed by atoms with Crippen molar-refractivity contribution >= 4 is 25.7 Å². The zero-order valence-electron chi connectivity index (χ0n) is 7.84. The Balaban J connectivity index is 2.60. The fraction of sp³-hybridized carbons (Fsp3) is 0.857. The molecule has 0 spiro atoms. The Morgan fingerprint density at radius 1 is 1.71 bits per heavy atom. The summed E-state index contributed by atoms with van der Waals surface area (Å²) in [6.45, 7) is 2.27. The van der Waals surface area contributed by atoms with Crippen LogP contribution in [-0.4, -0.2) is 30.5 Å². The first-order valence-corrected chi connectivity index (χ1v) is 7.21. The summed E-state index contributed by atoms with van der Waals surface area (Å²) in [7, 11) is -3.45. The van der Waals surface area contributed by atoms with Gasteiger partial charge < -0.3 is 4.84 Å². The number of hydrogen-bond acceptors (Lipinski definition) is 5. The molecule has 0 saturated heterocycles. The van der Waals surface area contributed by atoms with E-state index in [1.165, 1.54) is 0 Å². The Morgan fingerprint density at radius 3 is 3.00 bits per heavy atom. The molecule has 0 aromatic rings. The van der Waals surface area contributed by atoms with Crippen molar-refractivity contribution in [3.8, 4) is 0 Å². The van der Waals surface area contributed by atoms with Crippen LogP contribution in [0.4, 0.5) is 0 Å². The van der Waals surface area contributed by atoms with E-state index in [0.29, 0.717) is 17.4 Å². The third kappa shape index (κ3) is 3.85. The van der Waals surface area contributed by atoms with Crippen molar-refractivity contribution in [1.82, 2.24) is 0 Å². The average Bonchev–Trinajstić information content (AvgIpc) is 2.45. The highest BCUT2D eigenvalue weighted by molar-refractivity contribution is 8.70. The number of rotatable bonds is 4. The van der Waals surface area contributed by atoms with Crippen molar-refractivity contribution < 1.29 is 17.8 Å². The van der Waals surface area contributed by atoms with Gasteiger partial charge in [-0.05, 0) is 26.2 Å². The largest absolute Gasteiger partial charge is 0.396 e. The molecule has 1 fully saturated rings. The number of hydrogen-bond donors (Lipinski definition) is 1. The highest BCUT2D eigenvalue weighted by Crippen LogP contribution is 2.30. The van der Waals surface area contributed by atoms with E-state index in [4.69, 9.17) is 9.39 Å². The van der Waals surface area contributed by atoms with Crippen LogP contribution in [-0.2, 0) is 14.0 Å². The normalized spacial score (nSPS) is 25.6. The molecule has 82 valence electrons. The molecule has 1 saturated carbocycles. The van der Waals surface area contributed by atoms with Crippen LogP contribution in [0.5, 0.6) is 0 Å². The van der Waals surface area contributed by atoms with Gasteiger partial charge in [-0.15, -0.1) is 0 Å². The number of nitrogens with zero attached hydrogens (tertiary/aromatic N) is 1. The Kier molecular flexibility index (Phi) is 4.21. The lowest BCUT2D eigenvalue weighted by molar-refractivity contribution is 0.158. The van der Waals surface area contributed by atoms with Gasteiger partial charge >= 0.3 is 9.15 Å². The van der Waals surface area contributed by atoms with Gasteiger partial charge in [0.25, 0.3) is 0 Å². The minimum Gasteiger partial charge on any atom is -0.396 e. The zero-order valence-corrected chi connectivity index (χ0v) is 9.47. The van der Waals surface area contributed by atoms with Gasteiger partial charge in [-0.2, -0.15) is 8.42 Å². The van der Waals surface area contributed by atoms with Crippen LogP contribution in [0.25, 0.3) is 0 Å². The molecule has 0 amide bonds. The van der Waals surface area contributed by atoms with Gasteiger partial charge in [-0.1, -0.05) is 5.16 Å². The second-order valence-electron chi connectivity index (χ2n) is 2.91. The Bertz CT molecular complexity index is 312. The van der Waals surface area contributed by atoms with E-state index in [9.17, 15) is 8.42 Å². The molecule has 0 bridgehead atoms. The molecule has 0 radical (unpaired) electrons. The fourth-order valence-electron chi connectivity index (χ4n) is 1.30. The molecule has 1 rings (SSSR count). The quantitative estimate of drug-likeness (QED) is 0.456. The molecule has 1 unspecified atom stereocenters. The lowest BCUT2D eigenvalue weighted by atomic mass is 10.3. The topological polar surface area (TPSA) is 76.0 Å². The Morgan fingerprint density at radius 2 is 2.43 bits per heavy atom. The summed E-state index contributed by atoms with van der Waals surface area (Å²) in [5.74, 6) is 0. The van der Waals surface area contributed by atoms with Crippen molar-refractivity contribution in [2.45, 2.75) is 31.4 Å². The molecule has 0 heterocycles. The van der Waals surface area contributed by atoms with Crippen LogP contribution in [0.15, 0.2) is 5.16 Å². The van der Waals surface area contributed by atoms with E-state index in [2.05, 4.69) is 5.16 Å². The van der Waals surface area contributed by atoms with Gasteiger partial charge in [-0.3, -0.25) is 4.55 Å². The summed E-state index contributed by atoms with van der Waals surface area (Å²) >= 11 is 0. The minimum absolute atomic E-state index is 0.253. The van der Waals surface area contributed by atoms with Crippen LogP contribution < -0.4 is 0 Å². The summed E-state index contributed by atoms with van der Waals surface area (Å²) in [6, 6.07) is 0. The maximum absolute atomic E-state index is 10.6. The smallest absolute Gasteiger partial charge is 0.320 e. The molecule has 5 nitrogen and oxygen atoms in total. The highest BCUT2D eigenvalue weighted by atomic mass is 33.1. The maximum atomic E-state index is 10.6. The van der Waals surface area contributed by atoms with Crippen LogP contribution in [0.2, 0.25) is 0 Å². The highest BCUT2D eigenvalue weighted by Gasteiger charge is 2.28. The molecule has 0 aliphatic heterocycles. The van der Waals surface area contributed by atoms with E-state index in [0.717, 1.165) is 25.0 Å². The van der Waals surface area contributed by atoms with Gasteiger partial charge in [0.05, 0.1) is 11.0 Å². The summed E-state index contributed by atoms with van der Waals surface area (Å²) in [4.78, 5) is 4.86. The monoisotopic (exact) mass is 239 g/mol. The van der Waals surface area contributed by atoms with Gasteiger partial charge in [-0.25, -0.2) is 0 Å². The predicted molar refractivity (Wildman–Crippen MR) is 55.8 cm³/mol. The number of oxime groups is 1. The van der Waals surface area contributed by atoms with Crippen LogP contribution in [0.3, 0.4) is 0 Å². The van der Waals surface area contributed by atoms with Crippen molar-refractivity contribution in [3.63, 3.8) is 0 Å². The first kappa shape index (κ1) is 11.8. The molecule has 0 aromatic heterocycles. The predicted octanol–water partition coefficient (Wildman–Crippen LogP) is 1.47. The third-order valence-corrected chi connectivity index (χ3v) is 4.23. The van der Waals surface area contributed by atoms with E-state index in [-0.39, 0.29) is 5.25 Å². The van der Waals surface area contributed by atoms with Crippen molar-refractivity contribution in [1.29, 1.82) is 0 Å². The molecular weight excluding hydrogens is 226 g/mol. The molecule has 1 atom stereocenters. The minimum atomic E-state index is -3.99. The fourth-order valence-corrected chi connectivity index (χ4v) is 3.63. The van der Waals surface area contributed by atoms with E-state index >= 15 is 0 Å². The van der Waals surface area contributed by atoms with Crippen LogP contribution >= 0.6 is 10.8 Å². The summed E-state index contributed by atoms with van der Waals surface area (Å²) in [5, 5.41) is 3.57. The molecule has 7 heteroatoms. The van der Waals surface area contributed by atoms with Crippen LogP contribution in [0.1, 0.15) is 26.2 Å². The average molecular weight is 239 g/mol. The molecule has 1 N–H and O–H groups in total. The Hall–Kier alpha value is -0.270. The van der Waals surface area contributed by atoms with E-state index < -0.39 is 9.15 Å². The van der Waals surface area contributed by atoms with E-state index in [1.54, 1.807) is 0 Å². The summed E-state index contributed by atoms with van der Waals surface area (Å²) in [5.41, 5.74) is 0.717. The first-order chi connectivity index (χ1) is 6.53. The maximum Gasteiger partial charge on any atom is 0.320 e. The molecule has 14 heavy (non-hydrogen) atoms. The lowest BCUT2D eigenvalue weighted by Gasteiger charge is -2.06. The molecule has 0 aromatic carbocycles. The van der Waals surface area contributed by atoms with Gasteiger partial charge in [0.15, 0.2) is 0 Å². The lowest BCUT2D eigenvalue weighted by Crippen LogP contribution is -2.12. The molecule has 1 aliphatic carbocycles. The standard InChI is InChI=1S/C7H13NO4S2/c1-2-12-8-6-4-3-5-7(6)13-14(9,10)11/h7H,2-5H2,1H3,(H,9,10,11). The Labute approximate surface area is 87.0 Å². The molecule has 1 aliphatic rings. The van der Waals surface area contributed by atoms with Crippen LogP contribution in [0, 0.1) is 0 Å². The van der Waals surface area contributed by atoms with Gasteiger partial charge in [0, 0.05) is 10.8 Å².